The number of nitrogen functional groups attached to an aromatic ring is 1. The van der Waals surface area contributed by atoms with Crippen LogP contribution in [0.25, 0.3) is 0 Å². The molecule has 0 saturated carbocycles. The minimum absolute atomic E-state index is 0.0480. The minimum Gasteiger partial charge on any atom is -0.497 e. The van der Waals surface area contributed by atoms with E-state index >= 15 is 0 Å². The fourth-order valence-electron chi connectivity index (χ4n) is 2.61. The highest BCUT2D eigenvalue weighted by Gasteiger charge is 2.20. The van der Waals surface area contributed by atoms with Crippen LogP contribution < -0.4 is 20.7 Å². The maximum Gasteiger partial charge on any atom is 0.216 e. The molecule has 5 heteroatoms. The monoisotopic (exact) mass is 277 g/mol. The van der Waals surface area contributed by atoms with Gasteiger partial charge in [0.25, 0.3) is 0 Å². The molecule has 5 nitrogen and oxygen atoms in total. The number of hydrogen-bond donors (Lipinski definition) is 2. The number of nitrogens with zero attached hydrogens (tertiary/aromatic N) is 1. The van der Waals surface area contributed by atoms with E-state index in [2.05, 4.69) is 10.2 Å². The van der Waals surface area contributed by atoms with Crippen LogP contribution in [0.3, 0.4) is 0 Å². The molecular weight excluding hydrogens is 254 g/mol. The van der Waals surface area contributed by atoms with E-state index < -0.39 is 0 Å². The van der Waals surface area contributed by atoms with E-state index in [1.54, 1.807) is 14.0 Å². The number of nitrogens with one attached hydrogen (secondary N) is 1. The Labute approximate surface area is 120 Å². The first kappa shape index (κ1) is 14.5. The van der Waals surface area contributed by atoms with Gasteiger partial charge in [-0.1, -0.05) is 0 Å². The number of benzene rings is 1. The van der Waals surface area contributed by atoms with E-state index in [1.165, 1.54) is 0 Å². The number of amides is 1. The Morgan fingerprint density at radius 2 is 2.15 bits per heavy atom. The molecule has 0 spiro atoms. The van der Waals surface area contributed by atoms with Gasteiger partial charge in [-0.2, -0.15) is 0 Å². The molecule has 1 saturated heterocycles. The van der Waals surface area contributed by atoms with Gasteiger partial charge in [0.15, 0.2) is 0 Å². The highest BCUT2D eigenvalue weighted by Crippen LogP contribution is 2.30. The number of methoxy groups -OCH3 is 1. The summed E-state index contributed by atoms with van der Waals surface area (Å²) in [6.07, 6.45) is 2.15. The molecular formula is C15H23N3O2. The second-order valence-electron chi connectivity index (χ2n) is 5.29. The number of ether oxygens (including phenoxy) is 1. The van der Waals surface area contributed by atoms with Gasteiger partial charge in [0, 0.05) is 32.6 Å². The van der Waals surface area contributed by atoms with Crippen molar-refractivity contribution in [1.29, 1.82) is 0 Å². The third kappa shape index (κ3) is 3.56. The van der Waals surface area contributed by atoms with Crippen LogP contribution in [0.2, 0.25) is 0 Å². The lowest BCUT2D eigenvalue weighted by Crippen LogP contribution is -2.38. The van der Waals surface area contributed by atoms with Gasteiger partial charge in [-0.15, -0.1) is 0 Å². The molecule has 1 aromatic rings. The number of nitrogens with two attached hydrogens (primary N) is 1. The zero-order chi connectivity index (χ0) is 14.5. The fourth-order valence-corrected chi connectivity index (χ4v) is 2.61. The topological polar surface area (TPSA) is 67.6 Å². The Kier molecular flexibility index (Phi) is 4.71. The molecule has 2 rings (SSSR count). The summed E-state index contributed by atoms with van der Waals surface area (Å²) in [5, 5.41) is 2.90. The van der Waals surface area contributed by atoms with Gasteiger partial charge >= 0.3 is 0 Å². The van der Waals surface area contributed by atoms with Crippen molar-refractivity contribution in [2.45, 2.75) is 19.8 Å². The van der Waals surface area contributed by atoms with Gasteiger partial charge < -0.3 is 20.7 Å². The number of hydrogen-bond acceptors (Lipinski definition) is 4. The maximum atomic E-state index is 10.9. The first-order valence-electron chi connectivity index (χ1n) is 7.03. The molecule has 110 valence electrons. The Balaban J connectivity index is 1.92. The van der Waals surface area contributed by atoms with Gasteiger partial charge in [-0.3, -0.25) is 4.79 Å². The Bertz CT molecular complexity index is 468. The summed E-state index contributed by atoms with van der Waals surface area (Å²) >= 11 is 0. The number of carbonyl (C=O) groups excluding carboxylic acids is 1. The molecule has 0 aromatic heterocycles. The predicted octanol–water partition coefficient (Wildman–Crippen LogP) is 1.63. The molecule has 0 unspecified atom stereocenters. The van der Waals surface area contributed by atoms with Crippen LogP contribution in [0.5, 0.6) is 5.75 Å². The summed E-state index contributed by atoms with van der Waals surface area (Å²) in [7, 11) is 1.64. The summed E-state index contributed by atoms with van der Waals surface area (Å²) in [5.74, 6) is 1.40. The van der Waals surface area contributed by atoms with E-state index in [9.17, 15) is 4.79 Å². The second-order valence-corrected chi connectivity index (χ2v) is 5.29. The van der Waals surface area contributed by atoms with Crippen LogP contribution in [0.15, 0.2) is 18.2 Å². The Hall–Kier alpha value is -1.91. The largest absolute Gasteiger partial charge is 0.497 e. The lowest BCUT2D eigenvalue weighted by atomic mass is 9.96. The van der Waals surface area contributed by atoms with Crippen LogP contribution >= 0.6 is 0 Å². The van der Waals surface area contributed by atoms with Gasteiger partial charge in [-0.25, -0.2) is 0 Å². The van der Waals surface area contributed by atoms with Crippen molar-refractivity contribution in [1.82, 2.24) is 5.32 Å². The summed E-state index contributed by atoms with van der Waals surface area (Å²) < 4.78 is 5.17. The van der Waals surface area contributed by atoms with Crippen LogP contribution in [0.1, 0.15) is 19.8 Å². The molecule has 0 atom stereocenters. The van der Waals surface area contributed by atoms with Crippen molar-refractivity contribution in [3.8, 4) is 5.75 Å². The third-order valence-corrected chi connectivity index (χ3v) is 3.83. The van der Waals surface area contributed by atoms with E-state index in [0.717, 1.165) is 49.6 Å². The zero-order valence-corrected chi connectivity index (χ0v) is 12.2. The Morgan fingerprint density at radius 1 is 1.45 bits per heavy atom. The second kappa shape index (κ2) is 6.50. The van der Waals surface area contributed by atoms with E-state index in [-0.39, 0.29) is 5.91 Å². The summed E-state index contributed by atoms with van der Waals surface area (Å²) in [5.41, 5.74) is 7.91. The van der Waals surface area contributed by atoms with Gasteiger partial charge in [0.1, 0.15) is 5.75 Å². The molecule has 3 N–H and O–H groups in total. The van der Waals surface area contributed by atoms with Crippen LogP contribution in [0.4, 0.5) is 11.4 Å². The SMILES string of the molecule is COc1ccc(N2CCC(CNC(C)=O)CC2)c(N)c1. The number of rotatable bonds is 4. The highest BCUT2D eigenvalue weighted by atomic mass is 16.5. The molecule has 1 heterocycles. The molecule has 1 aliphatic heterocycles. The molecule has 0 aliphatic carbocycles. The molecule has 20 heavy (non-hydrogen) atoms. The van der Waals surface area contributed by atoms with Crippen LogP contribution in [0, 0.1) is 5.92 Å². The third-order valence-electron chi connectivity index (χ3n) is 3.83. The molecule has 1 aromatic carbocycles. The number of anilines is 2. The van der Waals surface area contributed by atoms with E-state index in [4.69, 9.17) is 10.5 Å². The standard InChI is InChI=1S/C15H23N3O2/c1-11(19)17-10-12-5-7-18(8-6-12)15-4-3-13(20-2)9-14(15)16/h3-4,9,12H,5-8,10,16H2,1-2H3,(H,17,19). The smallest absolute Gasteiger partial charge is 0.216 e. The van der Waals surface area contributed by atoms with Crippen molar-refractivity contribution < 1.29 is 9.53 Å². The average Bonchev–Trinajstić information content (AvgIpc) is 2.45. The normalized spacial score (nSPS) is 16.0. The van der Waals surface area contributed by atoms with E-state index in [1.807, 2.05) is 18.2 Å². The van der Waals surface area contributed by atoms with Crippen LogP contribution in [-0.4, -0.2) is 32.7 Å². The van der Waals surface area contributed by atoms with Gasteiger partial charge in [0.05, 0.1) is 18.5 Å². The minimum atomic E-state index is 0.0480. The van der Waals surface area contributed by atoms with Gasteiger partial charge in [-0.05, 0) is 30.9 Å². The van der Waals surface area contributed by atoms with E-state index in [0.29, 0.717) is 5.92 Å². The maximum absolute atomic E-state index is 10.9. The van der Waals surface area contributed by atoms with Gasteiger partial charge in [0.2, 0.25) is 5.91 Å². The number of carbonyl (C=O) groups is 1. The Morgan fingerprint density at radius 3 is 2.70 bits per heavy atom. The first-order valence-corrected chi connectivity index (χ1v) is 7.03. The first-order chi connectivity index (χ1) is 9.60. The van der Waals surface area contributed by atoms with Crippen LogP contribution in [-0.2, 0) is 4.79 Å². The summed E-state index contributed by atoms with van der Waals surface area (Å²) in [6.45, 7) is 4.29. The lowest BCUT2D eigenvalue weighted by Gasteiger charge is -2.34. The molecule has 1 fully saturated rings. The zero-order valence-electron chi connectivity index (χ0n) is 12.2. The van der Waals surface area contributed by atoms with Crippen molar-refractivity contribution in [3.63, 3.8) is 0 Å². The summed E-state index contributed by atoms with van der Waals surface area (Å²) in [4.78, 5) is 13.2. The number of piperidine rings is 1. The fraction of sp³-hybridized carbons (Fsp3) is 0.533. The van der Waals surface area contributed by atoms with Crippen molar-refractivity contribution in [2.75, 3.05) is 37.4 Å². The summed E-state index contributed by atoms with van der Waals surface area (Å²) in [6, 6.07) is 5.82. The van der Waals surface area contributed by atoms with Crippen molar-refractivity contribution in [2.24, 2.45) is 5.92 Å². The lowest BCUT2D eigenvalue weighted by molar-refractivity contribution is -0.119. The highest BCUT2D eigenvalue weighted by molar-refractivity contribution is 5.72. The van der Waals surface area contributed by atoms with Crippen molar-refractivity contribution in [3.05, 3.63) is 18.2 Å². The molecule has 1 amide bonds. The van der Waals surface area contributed by atoms with Crippen molar-refractivity contribution >= 4 is 17.3 Å². The molecule has 0 bridgehead atoms. The molecule has 1 aliphatic rings. The average molecular weight is 277 g/mol. The molecule has 0 radical (unpaired) electrons. The quantitative estimate of drug-likeness (QED) is 0.821. The predicted molar refractivity (Wildman–Crippen MR) is 81.0 cm³/mol.